The number of benzene rings is 1. The summed E-state index contributed by atoms with van der Waals surface area (Å²) in [4.78, 5) is 19.0. The molecule has 3 heterocycles. The van der Waals surface area contributed by atoms with Gasteiger partial charge in [0.05, 0.1) is 18.1 Å². The Kier molecular flexibility index (Phi) is 6.16. The van der Waals surface area contributed by atoms with Crippen molar-refractivity contribution in [1.29, 1.82) is 0 Å². The second kappa shape index (κ2) is 8.92. The summed E-state index contributed by atoms with van der Waals surface area (Å²) in [6.07, 6.45) is -0.0700. The summed E-state index contributed by atoms with van der Waals surface area (Å²) in [6.45, 7) is 6.96. The average molecular weight is 470 g/mol. The minimum atomic E-state index is -4.68. The first-order valence-corrected chi connectivity index (χ1v) is 10.9. The van der Waals surface area contributed by atoms with Crippen LogP contribution in [0.2, 0.25) is 0 Å². The second-order valence-electron chi connectivity index (χ2n) is 8.46. The van der Waals surface area contributed by atoms with E-state index >= 15 is 0 Å². The van der Waals surface area contributed by atoms with Crippen molar-refractivity contribution in [2.45, 2.75) is 46.0 Å². The van der Waals surface area contributed by atoms with E-state index < -0.39 is 17.8 Å². The Hall–Kier alpha value is -3.69. The quantitative estimate of drug-likeness (QED) is 0.397. The van der Waals surface area contributed by atoms with Gasteiger partial charge in [0.2, 0.25) is 0 Å². The number of carbonyl (C=O) groups excluding carboxylic acids is 1. The van der Waals surface area contributed by atoms with Crippen LogP contribution in [0.25, 0.3) is 16.9 Å². The highest BCUT2D eigenvalue weighted by atomic mass is 19.4. The maximum atomic E-state index is 13.9. The van der Waals surface area contributed by atoms with E-state index in [0.717, 1.165) is 23.4 Å². The summed E-state index contributed by atoms with van der Waals surface area (Å²) in [6, 6.07) is 8.17. The van der Waals surface area contributed by atoms with Gasteiger partial charge in [-0.05, 0) is 24.5 Å². The van der Waals surface area contributed by atoms with Crippen LogP contribution in [0.5, 0.6) is 0 Å². The van der Waals surface area contributed by atoms with Gasteiger partial charge in [0.25, 0.3) is 5.91 Å². The standard InChI is InChI=1S/C24H25F3N6O/c1-5-32-14-16(11-28-32)13-31(4)23(34)19-12-29-33-21(24(25,26)27)10-20(30-22(19)33)18-8-6-17(7-9-18)15(2)3/h6-12,14-15H,5,13H2,1-4H3. The highest BCUT2D eigenvalue weighted by Gasteiger charge is 2.36. The molecule has 0 bridgehead atoms. The van der Waals surface area contributed by atoms with Crippen molar-refractivity contribution in [3.63, 3.8) is 0 Å². The lowest BCUT2D eigenvalue weighted by Crippen LogP contribution is -2.26. The number of rotatable bonds is 6. The molecule has 1 amide bonds. The smallest absolute Gasteiger partial charge is 0.337 e. The van der Waals surface area contributed by atoms with Crippen molar-refractivity contribution in [3.8, 4) is 11.3 Å². The Bertz CT molecular complexity index is 1320. The molecule has 0 fully saturated rings. The number of hydrogen-bond acceptors (Lipinski definition) is 4. The van der Waals surface area contributed by atoms with Gasteiger partial charge in [-0.15, -0.1) is 0 Å². The van der Waals surface area contributed by atoms with Crippen molar-refractivity contribution in [2.75, 3.05) is 7.05 Å². The second-order valence-corrected chi connectivity index (χ2v) is 8.46. The molecule has 0 saturated heterocycles. The molecule has 34 heavy (non-hydrogen) atoms. The van der Waals surface area contributed by atoms with Crippen molar-refractivity contribution in [2.24, 2.45) is 0 Å². The molecule has 0 spiro atoms. The molecule has 0 unspecified atom stereocenters. The molecule has 0 saturated carbocycles. The third-order valence-electron chi connectivity index (χ3n) is 5.64. The van der Waals surface area contributed by atoms with Gasteiger partial charge >= 0.3 is 6.18 Å². The minimum Gasteiger partial charge on any atom is -0.337 e. The molecule has 10 heteroatoms. The number of alkyl halides is 3. The van der Waals surface area contributed by atoms with Crippen LogP contribution < -0.4 is 0 Å². The summed E-state index contributed by atoms with van der Waals surface area (Å²) in [7, 11) is 1.58. The van der Waals surface area contributed by atoms with Crippen molar-refractivity contribution < 1.29 is 18.0 Å². The molecule has 3 aromatic heterocycles. The Morgan fingerprint density at radius 3 is 2.41 bits per heavy atom. The number of aromatic nitrogens is 5. The molecule has 7 nitrogen and oxygen atoms in total. The number of halogens is 3. The van der Waals surface area contributed by atoms with Gasteiger partial charge in [0.1, 0.15) is 5.56 Å². The molecular formula is C24H25F3N6O. The van der Waals surface area contributed by atoms with Gasteiger partial charge in [-0.2, -0.15) is 23.4 Å². The van der Waals surface area contributed by atoms with Crippen LogP contribution in [-0.4, -0.2) is 42.2 Å². The molecule has 178 valence electrons. The molecule has 0 atom stereocenters. The first-order chi connectivity index (χ1) is 16.1. The minimum absolute atomic E-state index is 0.00321. The zero-order chi connectivity index (χ0) is 24.6. The van der Waals surface area contributed by atoms with Crippen LogP contribution in [0.1, 0.15) is 53.9 Å². The number of aryl methyl sites for hydroxylation is 1. The lowest BCUT2D eigenvalue weighted by atomic mass is 10.0. The summed E-state index contributed by atoms with van der Waals surface area (Å²) < 4.78 is 44.1. The van der Waals surface area contributed by atoms with Gasteiger partial charge in [0, 0.05) is 37.5 Å². The Morgan fingerprint density at radius 1 is 1.12 bits per heavy atom. The van der Waals surface area contributed by atoms with Gasteiger partial charge in [-0.1, -0.05) is 38.1 Å². The topological polar surface area (TPSA) is 68.3 Å². The van der Waals surface area contributed by atoms with Crippen LogP contribution in [0.4, 0.5) is 13.2 Å². The van der Waals surface area contributed by atoms with E-state index in [-0.39, 0.29) is 29.4 Å². The van der Waals surface area contributed by atoms with Gasteiger partial charge in [-0.25, -0.2) is 9.50 Å². The number of fused-ring (bicyclic) bond motifs is 1. The lowest BCUT2D eigenvalue weighted by molar-refractivity contribution is -0.142. The highest BCUT2D eigenvalue weighted by Crippen LogP contribution is 2.33. The first-order valence-electron chi connectivity index (χ1n) is 10.9. The third kappa shape index (κ3) is 4.52. The van der Waals surface area contributed by atoms with Crippen LogP contribution in [0.15, 0.2) is 48.9 Å². The molecule has 0 aliphatic carbocycles. The molecule has 0 aliphatic heterocycles. The van der Waals surface area contributed by atoms with E-state index in [1.54, 1.807) is 30.1 Å². The van der Waals surface area contributed by atoms with E-state index in [2.05, 4.69) is 15.2 Å². The van der Waals surface area contributed by atoms with E-state index in [4.69, 9.17) is 0 Å². The highest BCUT2D eigenvalue weighted by molar-refractivity contribution is 5.99. The molecule has 0 radical (unpaired) electrons. The summed E-state index contributed by atoms with van der Waals surface area (Å²) in [5, 5.41) is 8.04. The van der Waals surface area contributed by atoms with E-state index in [1.807, 2.05) is 39.1 Å². The average Bonchev–Trinajstić information content (AvgIpc) is 3.44. The molecular weight excluding hydrogens is 445 g/mol. The zero-order valence-corrected chi connectivity index (χ0v) is 19.3. The zero-order valence-electron chi connectivity index (χ0n) is 19.3. The molecule has 0 aliphatic rings. The third-order valence-corrected chi connectivity index (χ3v) is 5.64. The van der Waals surface area contributed by atoms with Crippen LogP contribution >= 0.6 is 0 Å². The monoisotopic (exact) mass is 470 g/mol. The summed E-state index contributed by atoms with van der Waals surface area (Å²) >= 11 is 0. The van der Waals surface area contributed by atoms with Crippen LogP contribution in [0.3, 0.4) is 0 Å². The number of amides is 1. The van der Waals surface area contributed by atoms with E-state index in [0.29, 0.717) is 16.6 Å². The van der Waals surface area contributed by atoms with Gasteiger partial charge < -0.3 is 4.90 Å². The predicted molar refractivity (Wildman–Crippen MR) is 121 cm³/mol. The van der Waals surface area contributed by atoms with Gasteiger partial charge in [0.15, 0.2) is 11.3 Å². The van der Waals surface area contributed by atoms with E-state index in [1.165, 1.54) is 4.90 Å². The SMILES string of the molecule is CCn1cc(CN(C)C(=O)c2cnn3c(C(F)(F)F)cc(-c4ccc(C(C)C)cc4)nc23)cn1. The normalized spacial score (nSPS) is 12.0. The lowest BCUT2D eigenvalue weighted by Gasteiger charge is -2.16. The molecule has 1 aromatic carbocycles. The predicted octanol–water partition coefficient (Wildman–Crippen LogP) is 5.03. The summed E-state index contributed by atoms with van der Waals surface area (Å²) in [5.74, 6) is -0.193. The van der Waals surface area contributed by atoms with E-state index in [9.17, 15) is 18.0 Å². The van der Waals surface area contributed by atoms with Crippen LogP contribution in [-0.2, 0) is 19.3 Å². The molecule has 4 rings (SSSR count). The van der Waals surface area contributed by atoms with Crippen LogP contribution in [0, 0.1) is 0 Å². The van der Waals surface area contributed by atoms with Gasteiger partial charge in [-0.3, -0.25) is 9.48 Å². The van der Waals surface area contributed by atoms with Crippen molar-refractivity contribution in [3.05, 3.63) is 71.3 Å². The summed E-state index contributed by atoms with van der Waals surface area (Å²) in [5.41, 5.74) is 1.38. The Balaban J connectivity index is 1.76. The fourth-order valence-electron chi connectivity index (χ4n) is 3.71. The number of carbonyl (C=O) groups is 1. The molecule has 0 N–H and O–H groups in total. The Morgan fingerprint density at radius 2 is 1.82 bits per heavy atom. The maximum absolute atomic E-state index is 13.9. The van der Waals surface area contributed by atoms with Crippen molar-refractivity contribution >= 4 is 11.6 Å². The first kappa shape index (κ1) is 23.5. The van der Waals surface area contributed by atoms with Crippen molar-refractivity contribution in [1.82, 2.24) is 29.3 Å². The molecule has 4 aromatic rings. The fraction of sp³-hybridized carbons (Fsp3) is 0.333. The number of hydrogen-bond donors (Lipinski definition) is 0. The largest absolute Gasteiger partial charge is 0.433 e. The Labute approximate surface area is 194 Å². The fourth-order valence-corrected chi connectivity index (χ4v) is 3.71. The number of nitrogens with zero attached hydrogens (tertiary/aromatic N) is 6. The maximum Gasteiger partial charge on any atom is 0.433 e.